The molecule has 1 amide bonds. The van der Waals surface area contributed by atoms with Crippen molar-refractivity contribution in [2.75, 3.05) is 30.9 Å². The Balaban J connectivity index is 1.76. The van der Waals surface area contributed by atoms with Crippen LogP contribution in [0.4, 0.5) is 11.4 Å². The Morgan fingerprint density at radius 1 is 1.22 bits per heavy atom. The van der Waals surface area contributed by atoms with Crippen LogP contribution in [0.1, 0.15) is 29.9 Å². The molecule has 0 saturated heterocycles. The predicted molar refractivity (Wildman–Crippen MR) is 105 cm³/mol. The number of amides is 1. The predicted octanol–water partition coefficient (Wildman–Crippen LogP) is 3.27. The van der Waals surface area contributed by atoms with Crippen molar-refractivity contribution in [3.63, 3.8) is 0 Å². The van der Waals surface area contributed by atoms with Crippen molar-refractivity contribution < 1.29 is 19.4 Å². The molecule has 2 aromatic carbocycles. The maximum atomic E-state index is 12.8. The van der Waals surface area contributed by atoms with Gasteiger partial charge in [0.25, 0.3) is 0 Å². The van der Waals surface area contributed by atoms with Crippen LogP contribution in [0, 0.1) is 0 Å². The summed E-state index contributed by atoms with van der Waals surface area (Å²) in [5.41, 5.74) is 3.84. The average molecular weight is 368 g/mol. The van der Waals surface area contributed by atoms with E-state index in [0.29, 0.717) is 13.0 Å². The SMILES string of the molecule is COc1ccc(N(C)C(=O)Cc2cccc3c2C(CCC(=O)O)CN3)cc1. The molecule has 0 bridgehead atoms. The Morgan fingerprint density at radius 3 is 2.63 bits per heavy atom. The van der Waals surface area contributed by atoms with E-state index in [9.17, 15) is 9.59 Å². The second-order valence-corrected chi connectivity index (χ2v) is 6.72. The lowest BCUT2D eigenvalue weighted by atomic mass is 9.90. The van der Waals surface area contributed by atoms with Crippen LogP contribution in [-0.2, 0) is 16.0 Å². The molecule has 1 unspecified atom stereocenters. The second kappa shape index (κ2) is 8.12. The lowest BCUT2D eigenvalue weighted by molar-refractivity contribution is -0.137. The van der Waals surface area contributed by atoms with Crippen LogP contribution in [0.25, 0.3) is 0 Å². The van der Waals surface area contributed by atoms with E-state index in [2.05, 4.69) is 5.32 Å². The first kappa shape index (κ1) is 18.8. The standard InChI is InChI=1S/C21H24N2O4/c1-23(16-7-9-17(27-2)10-8-16)19(24)12-14-4-3-5-18-21(14)15(13-22-18)6-11-20(25)26/h3-5,7-10,15,22H,6,11-13H2,1-2H3,(H,25,26). The van der Waals surface area contributed by atoms with Gasteiger partial charge in [-0.2, -0.15) is 0 Å². The molecule has 2 N–H and O–H groups in total. The van der Waals surface area contributed by atoms with Gasteiger partial charge in [0.05, 0.1) is 13.5 Å². The van der Waals surface area contributed by atoms with E-state index in [0.717, 1.165) is 28.3 Å². The first-order chi connectivity index (χ1) is 13.0. The molecule has 2 aromatic rings. The van der Waals surface area contributed by atoms with Crippen LogP contribution in [0.5, 0.6) is 5.75 Å². The zero-order valence-electron chi connectivity index (χ0n) is 15.6. The highest BCUT2D eigenvalue weighted by atomic mass is 16.5. The quantitative estimate of drug-likeness (QED) is 0.784. The van der Waals surface area contributed by atoms with E-state index in [4.69, 9.17) is 9.84 Å². The summed E-state index contributed by atoms with van der Waals surface area (Å²) in [6.45, 7) is 0.710. The molecule has 1 atom stereocenters. The molecule has 1 aliphatic rings. The van der Waals surface area contributed by atoms with Crippen molar-refractivity contribution in [1.29, 1.82) is 0 Å². The maximum Gasteiger partial charge on any atom is 0.303 e. The van der Waals surface area contributed by atoms with Crippen molar-refractivity contribution in [3.05, 3.63) is 53.6 Å². The van der Waals surface area contributed by atoms with Gasteiger partial charge in [-0.1, -0.05) is 12.1 Å². The van der Waals surface area contributed by atoms with E-state index >= 15 is 0 Å². The number of carbonyl (C=O) groups excluding carboxylic acids is 1. The Hall–Kier alpha value is -3.02. The smallest absolute Gasteiger partial charge is 0.303 e. The third-order valence-corrected chi connectivity index (χ3v) is 5.03. The van der Waals surface area contributed by atoms with Gasteiger partial charge in [-0.3, -0.25) is 9.59 Å². The van der Waals surface area contributed by atoms with Gasteiger partial charge in [0.2, 0.25) is 5.91 Å². The van der Waals surface area contributed by atoms with E-state index in [1.54, 1.807) is 19.1 Å². The summed E-state index contributed by atoms with van der Waals surface area (Å²) in [5.74, 6) is 0.0490. The van der Waals surface area contributed by atoms with Gasteiger partial charge in [-0.05, 0) is 47.9 Å². The van der Waals surface area contributed by atoms with Crippen molar-refractivity contribution in [3.8, 4) is 5.75 Å². The number of fused-ring (bicyclic) bond motifs is 1. The fraction of sp³-hybridized carbons (Fsp3) is 0.333. The molecule has 0 spiro atoms. The number of carboxylic acid groups (broad SMARTS) is 1. The molecule has 0 fully saturated rings. The van der Waals surface area contributed by atoms with Crippen molar-refractivity contribution in [1.82, 2.24) is 0 Å². The minimum atomic E-state index is -0.795. The fourth-order valence-electron chi connectivity index (χ4n) is 3.51. The number of carboxylic acids is 1. The van der Waals surface area contributed by atoms with Crippen LogP contribution in [0.3, 0.4) is 0 Å². The number of carbonyl (C=O) groups is 2. The highest BCUT2D eigenvalue weighted by Crippen LogP contribution is 2.37. The number of ether oxygens (including phenoxy) is 1. The first-order valence-corrected chi connectivity index (χ1v) is 8.97. The Bertz CT molecular complexity index is 833. The van der Waals surface area contributed by atoms with Crippen molar-refractivity contribution in [2.24, 2.45) is 0 Å². The normalized spacial score (nSPS) is 15.0. The summed E-state index contributed by atoms with van der Waals surface area (Å²) >= 11 is 0. The zero-order chi connectivity index (χ0) is 19.4. The Kier molecular flexibility index (Phi) is 5.64. The fourth-order valence-corrected chi connectivity index (χ4v) is 3.51. The molecule has 3 rings (SSSR count). The van der Waals surface area contributed by atoms with Gasteiger partial charge >= 0.3 is 5.97 Å². The molecule has 0 aromatic heterocycles. The van der Waals surface area contributed by atoms with Gasteiger partial charge in [0.1, 0.15) is 5.75 Å². The van der Waals surface area contributed by atoms with Gasteiger partial charge in [0, 0.05) is 37.3 Å². The van der Waals surface area contributed by atoms with Crippen molar-refractivity contribution in [2.45, 2.75) is 25.2 Å². The molecule has 6 nitrogen and oxygen atoms in total. The van der Waals surface area contributed by atoms with Crippen molar-refractivity contribution >= 4 is 23.3 Å². The number of rotatable bonds is 7. The monoisotopic (exact) mass is 368 g/mol. The van der Waals surface area contributed by atoms with Gasteiger partial charge in [-0.15, -0.1) is 0 Å². The summed E-state index contributed by atoms with van der Waals surface area (Å²) in [4.78, 5) is 25.4. The molecule has 0 saturated carbocycles. The number of anilines is 2. The molecule has 1 heterocycles. The van der Waals surface area contributed by atoms with E-state index in [-0.39, 0.29) is 24.7 Å². The molecule has 142 valence electrons. The maximum absolute atomic E-state index is 12.8. The van der Waals surface area contributed by atoms with Gasteiger partial charge in [0.15, 0.2) is 0 Å². The molecular formula is C21H24N2O4. The largest absolute Gasteiger partial charge is 0.497 e. The minimum Gasteiger partial charge on any atom is -0.497 e. The number of benzene rings is 2. The van der Waals surface area contributed by atoms with Gasteiger partial charge in [-0.25, -0.2) is 0 Å². The number of aliphatic carboxylic acids is 1. The van der Waals surface area contributed by atoms with Crippen LogP contribution >= 0.6 is 0 Å². The number of nitrogens with zero attached hydrogens (tertiary/aromatic N) is 1. The molecule has 0 radical (unpaired) electrons. The molecule has 6 heteroatoms. The number of nitrogens with one attached hydrogen (secondary N) is 1. The molecule has 27 heavy (non-hydrogen) atoms. The van der Waals surface area contributed by atoms with Crippen LogP contribution in [0.15, 0.2) is 42.5 Å². The van der Waals surface area contributed by atoms with E-state index in [1.165, 1.54) is 0 Å². The minimum absolute atomic E-state index is 0.0162. The first-order valence-electron chi connectivity index (χ1n) is 8.97. The topological polar surface area (TPSA) is 78.9 Å². The molecule has 0 aliphatic carbocycles. The van der Waals surface area contributed by atoms with Crippen LogP contribution in [0.2, 0.25) is 0 Å². The summed E-state index contributed by atoms with van der Waals surface area (Å²) < 4.78 is 5.15. The highest BCUT2D eigenvalue weighted by Gasteiger charge is 2.26. The lowest BCUT2D eigenvalue weighted by Crippen LogP contribution is -2.28. The third-order valence-electron chi connectivity index (χ3n) is 5.03. The number of hydrogen-bond acceptors (Lipinski definition) is 4. The summed E-state index contributed by atoms with van der Waals surface area (Å²) in [6, 6.07) is 13.2. The lowest BCUT2D eigenvalue weighted by Gasteiger charge is -2.20. The Labute approximate surface area is 158 Å². The Morgan fingerprint density at radius 2 is 1.96 bits per heavy atom. The summed E-state index contributed by atoms with van der Waals surface area (Å²) in [6.07, 6.45) is 0.964. The molecule has 1 aliphatic heterocycles. The van der Waals surface area contributed by atoms with Gasteiger partial charge < -0.3 is 20.1 Å². The van der Waals surface area contributed by atoms with E-state index < -0.39 is 5.97 Å². The number of likely N-dealkylation sites (N-methyl/N-ethyl adjacent to an activating group) is 1. The average Bonchev–Trinajstić information content (AvgIpc) is 3.10. The summed E-state index contributed by atoms with van der Waals surface area (Å²) in [5, 5.41) is 12.3. The summed E-state index contributed by atoms with van der Waals surface area (Å²) in [7, 11) is 3.36. The molecular weight excluding hydrogens is 344 g/mol. The highest BCUT2D eigenvalue weighted by molar-refractivity contribution is 5.94. The number of methoxy groups -OCH3 is 1. The van der Waals surface area contributed by atoms with Crippen LogP contribution in [-0.4, -0.2) is 37.7 Å². The third kappa shape index (κ3) is 4.22. The van der Waals surface area contributed by atoms with E-state index in [1.807, 2.05) is 42.5 Å². The zero-order valence-corrected chi connectivity index (χ0v) is 15.6. The van der Waals surface area contributed by atoms with Crippen LogP contribution < -0.4 is 15.0 Å². The second-order valence-electron chi connectivity index (χ2n) is 6.72. The number of hydrogen-bond donors (Lipinski definition) is 2.